The summed E-state index contributed by atoms with van der Waals surface area (Å²) in [6, 6.07) is 7.69. The molecule has 9 nitrogen and oxygen atoms in total. The lowest BCUT2D eigenvalue weighted by Gasteiger charge is -2.19. The summed E-state index contributed by atoms with van der Waals surface area (Å²) in [4.78, 5) is 50.6. The number of carbonyl (C=O) groups excluding carboxylic acids is 3. The Labute approximate surface area is 194 Å². The Bertz CT molecular complexity index is 1120. The van der Waals surface area contributed by atoms with Gasteiger partial charge in [-0.15, -0.1) is 0 Å². The molecule has 1 unspecified atom stereocenters. The van der Waals surface area contributed by atoms with E-state index in [-0.39, 0.29) is 29.6 Å². The molecule has 174 valence electrons. The molecule has 33 heavy (non-hydrogen) atoms. The second-order valence-electron chi connectivity index (χ2n) is 7.46. The van der Waals surface area contributed by atoms with Gasteiger partial charge in [0, 0.05) is 37.8 Å². The summed E-state index contributed by atoms with van der Waals surface area (Å²) >= 11 is 6.26. The maximum Gasteiger partial charge on any atom is 0.306 e. The summed E-state index contributed by atoms with van der Waals surface area (Å²) in [5.41, 5.74) is 0.0795. The first-order valence-corrected chi connectivity index (χ1v) is 10.7. The van der Waals surface area contributed by atoms with E-state index in [0.717, 1.165) is 12.1 Å². The fourth-order valence-corrected chi connectivity index (χ4v) is 3.89. The topological polar surface area (TPSA) is 113 Å². The van der Waals surface area contributed by atoms with Crippen LogP contribution in [0.2, 0.25) is 5.02 Å². The van der Waals surface area contributed by atoms with Crippen molar-refractivity contribution in [2.75, 3.05) is 29.9 Å². The molecule has 1 heterocycles. The minimum atomic E-state index is -1.01. The van der Waals surface area contributed by atoms with Crippen LogP contribution < -0.4 is 10.2 Å². The van der Waals surface area contributed by atoms with E-state index in [4.69, 9.17) is 11.6 Å². The summed E-state index contributed by atoms with van der Waals surface area (Å²) in [5.74, 6) is -2.80. The molecule has 0 aromatic heterocycles. The monoisotopic (exact) mass is 476 g/mol. The number of nitrogens with zero attached hydrogens (tertiary/aromatic N) is 3. The lowest BCUT2D eigenvalue weighted by atomic mass is 10.1. The molecule has 0 aliphatic carbocycles. The lowest BCUT2D eigenvalue weighted by Crippen LogP contribution is -2.30. The van der Waals surface area contributed by atoms with Crippen LogP contribution in [-0.2, 0) is 9.59 Å². The molecule has 1 N–H and O–H groups in total. The van der Waals surface area contributed by atoms with Crippen molar-refractivity contribution in [3.05, 3.63) is 62.9 Å². The van der Waals surface area contributed by atoms with Crippen LogP contribution in [0.15, 0.2) is 36.4 Å². The predicted octanol–water partition coefficient (Wildman–Crippen LogP) is 3.86. The van der Waals surface area contributed by atoms with Crippen LogP contribution in [0.3, 0.4) is 0 Å². The quantitative estimate of drug-likeness (QED) is 0.481. The number of halogens is 2. The van der Waals surface area contributed by atoms with Crippen molar-refractivity contribution in [1.82, 2.24) is 4.90 Å². The average molecular weight is 477 g/mol. The number of amides is 3. The molecule has 0 radical (unpaired) electrons. The highest BCUT2D eigenvalue weighted by molar-refractivity contribution is 6.34. The second kappa shape index (κ2) is 9.95. The van der Waals surface area contributed by atoms with Gasteiger partial charge in [-0.25, -0.2) is 0 Å². The average Bonchev–Trinajstić information content (AvgIpc) is 3.16. The molecular formula is C22H22ClFN4O5. The van der Waals surface area contributed by atoms with E-state index in [9.17, 15) is 28.9 Å². The Morgan fingerprint density at radius 3 is 2.55 bits per heavy atom. The number of benzene rings is 2. The highest BCUT2D eigenvalue weighted by atomic mass is 35.5. The Kier molecular flexibility index (Phi) is 7.27. The van der Waals surface area contributed by atoms with Gasteiger partial charge < -0.3 is 15.1 Å². The third kappa shape index (κ3) is 5.11. The molecule has 11 heteroatoms. The summed E-state index contributed by atoms with van der Waals surface area (Å²) in [6.45, 7) is 4.78. The van der Waals surface area contributed by atoms with E-state index in [1.165, 1.54) is 23.1 Å². The van der Waals surface area contributed by atoms with Crippen LogP contribution in [0.4, 0.5) is 21.5 Å². The molecule has 3 rings (SSSR count). The predicted molar refractivity (Wildman–Crippen MR) is 121 cm³/mol. The number of nitrogens with one attached hydrogen (secondary N) is 1. The van der Waals surface area contributed by atoms with Gasteiger partial charge in [0.05, 0.1) is 27.1 Å². The molecule has 0 bridgehead atoms. The smallest absolute Gasteiger partial charge is 0.306 e. The van der Waals surface area contributed by atoms with Gasteiger partial charge in [-0.05, 0) is 44.2 Å². The van der Waals surface area contributed by atoms with Crippen LogP contribution in [-0.4, -0.2) is 47.2 Å². The van der Waals surface area contributed by atoms with E-state index in [1.54, 1.807) is 11.0 Å². The number of hydrogen-bond donors (Lipinski definition) is 1. The zero-order valence-electron chi connectivity index (χ0n) is 18.0. The number of nitro benzene ring substituents is 1. The van der Waals surface area contributed by atoms with Gasteiger partial charge in [-0.1, -0.05) is 11.6 Å². The summed E-state index contributed by atoms with van der Waals surface area (Å²) in [5, 5.41) is 13.8. The first-order valence-electron chi connectivity index (χ1n) is 10.3. The van der Waals surface area contributed by atoms with E-state index in [1.807, 2.05) is 13.8 Å². The molecule has 2 aromatic carbocycles. The van der Waals surface area contributed by atoms with E-state index >= 15 is 0 Å². The normalized spacial score (nSPS) is 15.5. The number of anilines is 2. The second-order valence-corrected chi connectivity index (χ2v) is 7.87. The van der Waals surface area contributed by atoms with Crippen molar-refractivity contribution >= 4 is 46.4 Å². The highest BCUT2D eigenvalue weighted by Gasteiger charge is 2.36. The number of carbonyl (C=O) groups is 3. The zero-order chi connectivity index (χ0) is 24.3. The van der Waals surface area contributed by atoms with Gasteiger partial charge in [0.1, 0.15) is 0 Å². The van der Waals surface area contributed by atoms with Crippen molar-refractivity contribution in [2.45, 2.75) is 20.3 Å². The molecule has 1 fully saturated rings. The van der Waals surface area contributed by atoms with Crippen LogP contribution in [0, 0.1) is 21.8 Å². The maximum absolute atomic E-state index is 13.6. The van der Waals surface area contributed by atoms with E-state index < -0.39 is 34.2 Å². The van der Waals surface area contributed by atoms with Crippen molar-refractivity contribution < 1.29 is 23.7 Å². The molecular weight excluding hydrogens is 455 g/mol. The summed E-state index contributed by atoms with van der Waals surface area (Å²) < 4.78 is 13.6. The Morgan fingerprint density at radius 2 is 1.94 bits per heavy atom. The third-order valence-electron chi connectivity index (χ3n) is 5.45. The van der Waals surface area contributed by atoms with Crippen LogP contribution in [0.1, 0.15) is 30.6 Å². The van der Waals surface area contributed by atoms with Crippen molar-refractivity contribution in [3.63, 3.8) is 0 Å². The largest absolute Gasteiger partial charge is 0.339 e. The van der Waals surface area contributed by atoms with Gasteiger partial charge in [-0.3, -0.25) is 24.5 Å². The molecule has 2 aromatic rings. The van der Waals surface area contributed by atoms with Crippen molar-refractivity contribution in [2.24, 2.45) is 5.92 Å². The first-order chi connectivity index (χ1) is 15.7. The standard InChI is InChI=1S/C22H22ClFN4O5/c1-3-26(4-2)22(31)16-7-5-14(10-17(16)23)25-21(30)13-9-20(29)27(12-13)15-6-8-18(24)19(11-15)28(32)33/h5-8,10-11,13H,3-4,9,12H2,1-2H3,(H,25,30). The van der Waals surface area contributed by atoms with Gasteiger partial charge in [0.25, 0.3) is 5.91 Å². The Balaban J connectivity index is 1.71. The fraction of sp³-hybridized carbons (Fsp3) is 0.318. The lowest BCUT2D eigenvalue weighted by molar-refractivity contribution is -0.387. The van der Waals surface area contributed by atoms with E-state index in [0.29, 0.717) is 24.3 Å². The molecule has 0 saturated carbocycles. The highest BCUT2D eigenvalue weighted by Crippen LogP contribution is 2.30. The van der Waals surface area contributed by atoms with Crippen molar-refractivity contribution in [3.8, 4) is 0 Å². The number of rotatable bonds is 7. The Hall–Kier alpha value is -3.53. The van der Waals surface area contributed by atoms with Crippen LogP contribution >= 0.6 is 11.6 Å². The number of hydrogen-bond acceptors (Lipinski definition) is 5. The van der Waals surface area contributed by atoms with E-state index in [2.05, 4.69) is 5.32 Å². The molecule has 3 amide bonds. The maximum atomic E-state index is 13.6. The SMILES string of the molecule is CCN(CC)C(=O)c1ccc(NC(=O)C2CC(=O)N(c3ccc(F)c([N+](=O)[O-])c3)C2)cc1Cl. The fourth-order valence-electron chi connectivity index (χ4n) is 3.63. The Morgan fingerprint density at radius 1 is 1.24 bits per heavy atom. The van der Waals surface area contributed by atoms with Gasteiger partial charge >= 0.3 is 5.69 Å². The van der Waals surface area contributed by atoms with Crippen LogP contribution in [0.5, 0.6) is 0 Å². The molecule has 1 aliphatic heterocycles. The molecule has 1 aliphatic rings. The molecule has 1 atom stereocenters. The minimum absolute atomic E-state index is 0.0142. The number of nitro groups is 1. The minimum Gasteiger partial charge on any atom is -0.339 e. The summed E-state index contributed by atoms with van der Waals surface area (Å²) in [6.07, 6.45) is -0.108. The molecule has 1 saturated heterocycles. The van der Waals surface area contributed by atoms with Gasteiger partial charge in [0.2, 0.25) is 17.6 Å². The van der Waals surface area contributed by atoms with Crippen molar-refractivity contribution in [1.29, 1.82) is 0 Å². The van der Waals surface area contributed by atoms with Crippen LogP contribution in [0.25, 0.3) is 0 Å². The first kappa shape index (κ1) is 24.1. The van der Waals surface area contributed by atoms with Gasteiger partial charge in [-0.2, -0.15) is 4.39 Å². The summed E-state index contributed by atoms with van der Waals surface area (Å²) in [7, 11) is 0. The third-order valence-corrected chi connectivity index (χ3v) is 5.76. The van der Waals surface area contributed by atoms with Gasteiger partial charge in [0.15, 0.2) is 0 Å². The molecule has 0 spiro atoms. The zero-order valence-corrected chi connectivity index (χ0v) is 18.8.